The number of pyridine rings is 1. The summed E-state index contributed by atoms with van der Waals surface area (Å²) >= 11 is 7.36. The van der Waals surface area contributed by atoms with E-state index in [9.17, 15) is 28.8 Å². The number of aromatic nitrogens is 7. The van der Waals surface area contributed by atoms with Crippen LogP contribution in [0.2, 0.25) is 0 Å². The number of hydrogen-bond acceptors (Lipinski definition) is 22. The molecule has 9 rings (SSSR count). The van der Waals surface area contributed by atoms with Gasteiger partial charge >= 0.3 is 5.97 Å². The van der Waals surface area contributed by atoms with Crippen LogP contribution in [0.3, 0.4) is 0 Å². The van der Waals surface area contributed by atoms with Gasteiger partial charge in [-0.25, -0.2) is 34.9 Å². The lowest BCUT2D eigenvalue weighted by atomic mass is 10.0. The molecule has 0 saturated carbocycles. The van der Waals surface area contributed by atoms with E-state index in [0.717, 1.165) is 11.3 Å². The largest absolute Gasteiger partial charge is 0.455 e. The second-order valence-electron chi connectivity index (χ2n) is 17.3. The first-order valence-electron chi connectivity index (χ1n) is 23.2. The van der Waals surface area contributed by atoms with Crippen LogP contribution >= 0.6 is 68.0 Å². The molecule has 0 saturated heterocycles. The van der Waals surface area contributed by atoms with E-state index < -0.39 is 60.4 Å². The van der Waals surface area contributed by atoms with Crippen LogP contribution in [0.5, 0.6) is 0 Å². The van der Waals surface area contributed by atoms with Crippen LogP contribution in [0.4, 0.5) is 5.82 Å². The average molecular weight is 1140 g/mol. The van der Waals surface area contributed by atoms with Crippen LogP contribution in [0.15, 0.2) is 64.0 Å². The van der Waals surface area contributed by atoms with Gasteiger partial charge in [-0.05, 0) is 30.5 Å². The predicted octanol–water partition coefficient (Wildman–Crippen LogP) is 7.47. The fraction of sp³-hybridized carbons (Fsp3) is 0.286. The topological polar surface area (TPSA) is 297 Å². The van der Waals surface area contributed by atoms with Gasteiger partial charge in [-0.1, -0.05) is 44.2 Å². The maximum atomic E-state index is 14.2. The number of nitrogens with one attached hydrogen (secondary N) is 5. The number of carbonyl (C=O) groups excluding carboxylic acids is 6. The predicted molar refractivity (Wildman–Crippen MR) is 291 cm³/mol. The molecule has 10 bridgehead atoms. The Morgan fingerprint density at radius 3 is 2.14 bits per heavy atom. The van der Waals surface area contributed by atoms with Gasteiger partial charge < -0.3 is 41.8 Å². The molecular formula is C49H47N13O8S6. The van der Waals surface area contributed by atoms with E-state index in [2.05, 4.69) is 36.6 Å². The van der Waals surface area contributed by atoms with E-state index in [1.54, 1.807) is 53.4 Å². The standard InChI is InChI=1S/C49H47N13O8S6/c1-21(2)35-49-62-38(31(76-49)16-69-6)42(67)52-15-34(65)59-39(40(70-23(4)63)24-10-8-7-9-11-24)48-57-30(19-73-48)46-55-28(17-72-46)37-25(12-13-26(53-37)45-58-32(50)20-74-45)44-56-29(18-71-44)41(66)54-27(14-33(64)51-5)47-61-36(22(3)75-47)43(68)60-35/h7-13,17-21,27,35,39-40H,14-16,50H2,1-6H3,(H,51,64)(H,52,67)(H,54,66)(H,59,65)(H,60,68)/t27-,35-,39-,40-/m0/s1. The van der Waals surface area contributed by atoms with Gasteiger partial charge in [0.15, 0.2) is 6.10 Å². The zero-order valence-electron chi connectivity index (χ0n) is 41.3. The summed E-state index contributed by atoms with van der Waals surface area (Å²) in [6.45, 7) is 6.25. The first-order chi connectivity index (χ1) is 36.6. The fourth-order valence-corrected chi connectivity index (χ4v) is 13.3. The summed E-state index contributed by atoms with van der Waals surface area (Å²) < 4.78 is 11.4. The van der Waals surface area contributed by atoms with Crippen LogP contribution in [0.1, 0.15) is 113 Å². The van der Waals surface area contributed by atoms with Crippen LogP contribution in [-0.4, -0.2) is 91.1 Å². The van der Waals surface area contributed by atoms with Gasteiger partial charge in [0, 0.05) is 53.0 Å². The van der Waals surface area contributed by atoms with Crippen LogP contribution in [0, 0.1) is 12.8 Å². The minimum absolute atomic E-state index is 0.00131. The quantitative estimate of drug-likeness (QED) is 0.0764. The van der Waals surface area contributed by atoms with Gasteiger partial charge in [0.1, 0.15) is 76.1 Å². The second-order valence-corrected chi connectivity index (χ2v) is 23.1. The molecule has 7 aromatic heterocycles. The lowest BCUT2D eigenvalue weighted by Gasteiger charge is -2.26. The Morgan fingerprint density at radius 2 is 1.42 bits per heavy atom. The van der Waals surface area contributed by atoms with Crippen molar-refractivity contribution < 1.29 is 38.2 Å². The monoisotopic (exact) mass is 1140 g/mol. The molecule has 1 aliphatic heterocycles. The number of benzene rings is 1. The highest BCUT2D eigenvalue weighted by Crippen LogP contribution is 2.40. The number of methoxy groups -OCH3 is 1. The van der Waals surface area contributed by atoms with Crippen molar-refractivity contribution in [1.29, 1.82) is 0 Å². The van der Waals surface area contributed by atoms with Gasteiger partial charge in [0.25, 0.3) is 17.7 Å². The van der Waals surface area contributed by atoms with Crippen molar-refractivity contribution in [2.75, 3.05) is 26.4 Å². The van der Waals surface area contributed by atoms with Crippen molar-refractivity contribution in [2.24, 2.45) is 5.92 Å². The number of nitrogens with zero attached hydrogens (tertiary/aromatic N) is 7. The number of nitrogens with two attached hydrogens (primary N) is 1. The summed E-state index contributed by atoms with van der Waals surface area (Å²) in [6, 6.07) is 9.79. The van der Waals surface area contributed by atoms with E-state index in [1.807, 2.05) is 31.4 Å². The Balaban J connectivity index is 1.15. The fourth-order valence-electron chi connectivity index (χ4n) is 7.89. The highest BCUT2D eigenvalue weighted by molar-refractivity contribution is 7.15. The number of nitrogen functional groups attached to an aromatic ring is 1. The molecule has 0 unspecified atom stereocenters. The van der Waals surface area contributed by atoms with Crippen molar-refractivity contribution >= 4 is 109 Å². The van der Waals surface area contributed by atoms with E-state index in [0.29, 0.717) is 79.5 Å². The number of thiazole rings is 6. The Kier molecular flexibility index (Phi) is 16.4. The SMILES string of the molecule is CNC(=O)C[C@@H]1NC(=O)c2csc(n2)-c2ccc(-c3nc(N)cs3)nc2-c2csc(n2)-c2csc(n2)[C@H]([C@@H](OC(C)=O)c2ccccc2)NC(=O)CNC(=O)c2nc(sc2COC)[C@H](C(C)C)NC(=O)c2nc1sc2C. The molecule has 0 spiro atoms. The third-order valence-corrected chi connectivity index (χ3v) is 17.3. The van der Waals surface area contributed by atoms with Crippen molar-refractivity contribution in [3.8, 4) is 43.4 Å². The molecule has 392 valence electrons. The van der Waals surface area contributed by atoms with Crippen molar-refractivity contribution in [1.82, 2.24) is 61.5 Å². The zero-order valence-corrected chi connectivity index (χ0v) is 46.2. The van der Waals surface area contributed by atoms with Gasteiger partial charge in [0.05, 0.1) is 42.2 Å². The molecule has 0 radical (unpaired) electrons. The molecule has 8 heterocycles. The maximum Gasteiger partial charge on any atom is 0.303 e. The Morgan fingerprint density at radius 1 is 0.711 bits per heavy atom. The third kappa shape index (κ3) is 11.9. The molecule has 7 N–H and O–H groups in total. The molecule has 0 fully saturated rings. The molecule has 1 aliphatic rings. The minimum atomic E-state index is -1.05. The summed E-state index contributed by atoms with van der Waals surface area (Å²) in [5.74, 6) is -3.33. The highest BCUT2D eigenvalue weighted by atomic mass is 32.1. The number of hydrogen-bond donors (Lipinski definition) is 6. The minimum Gasteiger partial charge on any atom is -0.455 e. The van der Waals surface area contributed by atoms with E-state index in [1.165, 1.54) is 77.8 Å². The molecule has 8 aromatic rings. The van der Waals surface area contributed by atoms with Crippen molar-refractivity contribution in [2.45, 2.75) is 65.0 Å². The zero-order chi connectivity index (χ0) is 53.8. The van der Waals surface area contributed by atoms with E-state index in [4.69, 9.17) is 40.1 Å². The number of rotatable bonds is 9. The number of ether oxygens (including phenoxy) is 2. The van der Waals surface area contributed by atoms with Gasteiger partial charge in [0.2, 0.25) is 11.8 Å². The molecular weight excluding hydrogens is 1090 g/mol. The molecule has 27 heteroatoms. The number of anilines is 1. The second kappa shape index (κ2) is 23.3. The number of aryl methyl sites for hydroxylation is 1. The number of carbonyl (C=O) groups is 6. The lowest BCUT2D eigenvalue weighted by molar-refractivity contribution is -0.149. The Bertz CT molecular complexity index is 3470. The third-order valence-electron chi connectivity index (χ3n) is 11.5. The van der Waals surface area contributed by atoms with Crippen LogP contribution < -0.4 is 32.3 Å². The highest BCUT2D eigenvalue weighted by Gasteiger charge is 2.34. The van der Waals surface area contributed by atoms with Crippen LogP contribution in [0.25, 0.3) is 43.4 Å². The normalized spacial score (nSPS) is 16.8. The summed E-state index contributed by atoms with van der Waals surface area (Å²) in [4.78, 5) is 117. The molecule has 5 amide bonds. The Labute approximate surface area is 458 Å². The molecule has 1 aromatic carbocycles. The van der Waals surface area contributed by atoms with Gasteiger partial charge in [-0.3, -0.25) is 28.8 Å². The number of amides is 5. The van der Waals surface area contributed by atoms with E-state index >= 15 is 0 Å². The summed E-state index contributed by atoms with van der Waals surface area (Å²) in [6.07, 6.45) is -1.24. The molecule has 76 heavy (non-hydrogen) atoms. The molecule has 4 atom stereocenters. The lowest BCUT2D eigenvalue weighted by Crippen LogP contribution is -2.41. The first-order valence-corrected chi connectivity index (χ1v) is 28.4. The summed E-state index contributed by atoms with van der Waals surface area (Å²) in [5.41, 5.74) is 9.12. The van der Waals surface area contributed by atoms with Crippen molar-refractivity contribution in [3.05, 3.63) is 111 Å². The first kappa shape index (κ1) is 53.6. The smallest absolute Gasteiger partial charge is 0.303 e. The van der Waals surface area contributed by atoms with E-state index in [-0.39, 0.29) is 41.9 Å². The number of esters is 1. The summed E-state index contributed by atoms with van der Waals surface area (Å²) in [7, 11) is 2.95. The van der Waals surface area contributed by atoms with Gasteiger partial charge in [-0.2, -0.15) is 0 Å². The Hall–Kier alpha value is -7.27. The molecule has 0 aliphatic carbocycles. The summed E-state index contributed by atoms with van der Waals surface area (Å²) in [5, 5.41) is 23.7. The van der Waals surface area contributed by atoms with Gasteiger partial charge in [-0.15, -0.1) is 68.0 Å². The van der Waals surface area contributed by atoms with Crippen molar-refractivity contribution in [3.63, 3.8) is 0 Å². The number of fused-ring (bicyclic) bond motifs is 14. The van der Waals surface area contributed by atoms with Crippen LogP contribution in [-0.2, 0) is 30.5 Å². The maximum absolute atomic E-state index is 14.2. The molecule has 21 nitrogen and oxygen atoms in total. The average Bonchev–Trinajstić information content (AvgIpc) is 4.28.